The number of benzene rings is 1. The first-order chi connectivity index (χ1) is 12.4. The molecule has 1 aromatic carbocycles. The Morgan fingerprint density at radius 1 is 1.38 bits per heavy atom. The molecular weight excluding hydrogens is 401 g/mol. The molecule has 134 valence electrons. The van der Waals surface area contributed by atoms with E-state index in [9.17, 15) is 14.8 Å². The maximum atomic E-state index is 13.6. The minimum Gasteiger partial charge on any atom is -0.389 e. The lowest BCUT2D eigenvalue weighted by atomic mass is 10.1. The lowest BCUT2D eigenvalue weighted by molar-refractivity contribution is 0.198. The second kappa shape index (κ2) is 7.40. The SMILES string of the molecule is CCn1ncc(Cc2cc(C#N)nn2-c2ccc(F)cc2C(C)O)c1Br. The molecule has 0 radical (unpaired) electrons. The van der Waals surface area contributed by atoms with Crippen LogP contribution < -0.4 is 0 Å². The Labute approximate surface area is 158 Å². The van der Waals surface area contributed by atoms with E-state index in [0.29, 0.717) is 17.7 Å². The summed E-state index contributed by atoms with van der Waals surface area (Å²) in [6.45, 7) is 4.29. The van der Waals surface area contributed by atoms with E-state index in [1.807, 2.05) is 17.7 Å². The van der Waals surface area contributed by atoms with E-state index in [1.165, 1.54) is 12.1 Å². The van der Waals surface area contributed by atoms with Crippen molar-refractivity contribution in [1.29, 1.82) is 5.26 Å². The fraction of sp³-hybridized carbons (Fsp3) is 0.278. The summed E-state index contributed by atoms with van der Waals surface area (Å²) in [5, 5.41) is 27.9. The maximum absolute atomic E-state index is 13.6. The Bertz CT molecular complexity index is 986. The molecule has 8 heteroatoms. The van der Waals surface area contributed by atoms with Crippen LogP contribution in [0, 0.1) is 17.1 Å². The molecule has 3 rings (SSSR count). The summed E-state index contributed by atoms with van der Waals surface area (Å²) >= 11 is 3.54. The van der Waals surface area contributed by atoms with Gasteiger partial charge in [0, 0.05) is 24.1 Å². The molecule has 2 heterocycles. The normalized spacial score (nSPS) is 12.2. The van der Waals surface area contributed by atoms with Crippen molar-refractivity contribution < 1.29 is 9.50 Å². The monoisotopic (exact) mass is 417 g/mol. The number of hydrogen-bond donors (Lipinski definition) is 1. The quantitative estimate of drug-likeness (QED) is 0.688. The van der Waals surface area contributed by atoms with Gasteiger partial charge in [-0.2, -0.15) is 15.5 Å². The van der Waals surface area contributed by atoms with Crippen LogP contribution in [0.25, 0.3) is 5.69 Å². The van der Waals surface area contributed by atoms with Crippen molar-refractivity contribution in [2.24, 2.45) is 0 Å². The van der Waals surface area contributed by atoms with Crippen molar-refractivity contribution in [2.45, 2.75) is 32.9 Å². The van der Waals surface area contributed by atoms with Crippen LogP contribution in [0.2, 0.25) is 0 Å². The molecule has 0 aliphatic heterocycles. The van der Waals surface area contributed by atoms with Crippen LogP contribution >= 0.6 is 15.9 Å². The number of aromatic nitrogens is 4. The Balaban J connectivity index is 2.11. The third-order valence-electron chi connectivity index (χ3n) is 4.08. The molecule has 0 saturated carbocycles. The van der Waals surface area contributed by atoms with Crippen LogP contribution in [0.5, 0.6) is 0 Å². The molecule has 0 bridgehead atoms. The van der Waals surface area contributed by atoms with E-state index in [4.69, 9.17) is 0 Å². The van der Waals surface area contributed by atoms with Gasteiger partial charge in [-0.3, -0.25) is 4.68 Å². The van der Waals surface area contributed by atoms with Crippen LogP contribution in [-0.4, -0.2) is 24.7 Å². The molecule has 0 aliphatic carbocycles. The summed E-state index contributed by atoms with van der Waals surface area (Å²) in [5.41, 5.74) is 2.88. The fourth-order valence-corrected chi connectivity index (χ4v) is 3.39. The largest absolute Gasteiger partial charge is 0.389 e. The minimum absolute atomic E-state index is 0.250. The highest BCUT2D eigenvalue weighted by Gasteiger charge is 2.18. The van der Waals surface area contributed by atoms with Gasteiger partial charge in [-0.25, -0.2) is 9.07 Å². The number of rotatable bonds is 5. The van der Waals surface area contributed by atoms with Gasteiger partial charge in [0.05, 0.1) is 23.7 Å². The van der Waals surface area contributed by atoms with Crippen LogP contribution in [0.15, 0.2) is 35.1 Å². The zero-order valence-electron chi connectivity index (χ0n) is 14.3. The van der Waals surface area contributed by atoms with Crippen molar-refractivity contribution in [2.75, 3.05) is 0 Å². The second-order valence-electron chi connectivity index (χ2n) is 5.88. The van der Waals surface area contributed by atoms with Gasteiger partial charge in [-0.05, 0) is 54.0 Å². The summed E-state index contributed by atoms with van der Waals surface area (Å²) in [4.78, 5) is 0. The molecular formula is C18H17BrFN5O. The molecule has 0 aliphatic rings. The Kier molecular flexibility index (Phi) is 5.20. The highest BCUT2D eigenvalue weighted by atomic mass is 79.9. The molecule has 0 amide bonds. The van der Waals surface area contributed by atoms with Gasteiger partial charge in [0.15, 0.2) is 5.69 Å². The standard InChI is InChI=1S/C18H17BrFN5O/c1-3-24-18(19)12(10-22-24)6-15-8-14(9-21)23-25(15)17-5-4-13(20)7-16(17)11(2)26/h4-5,7-8,10-11,26H,3,6H2,1-2H3. The first-order valence-electron chi connectivity index (χ1n) is 8.11. The van der Waals surface area contributed by atoms with Crippen molar-refractivity contribution in [3.05, 3.63) is 63.4 Å². The van der Waals surface area contributed by atoms with Gasteiger partial charge in [-0.15, -0.1) is 0 Å². The van der Waals surface area contributed by atoms with Crippen LogP contribution in [0.1, 0.15) is 42.5 Å². The third kappa shape index (κ3) is 3.41. The van der Waals surface area contributed by atoms with Gasteiger partial charge >= 0.3 is 0 Å². The average molecular weight is 418 g/mol. The van der Waals surface area contributed by atoms with E-state index >= 15 is 0 Å². The topological polar surface area (TPSA) is 79.7 Å². The van der Waals surface area contributed by atoms with E-state index < -0.39 is 11.9 Å². The summed E-state index contributed by atoms with van der Waals surface area (Å²) in [7, 11) is 0. The van der Waals surface area contributed by atoms with Gasteiger partial charge in [0.2, 0.25) is 0 Å². The number of hydrogen-bond acceptors (Lipinski definition) is 4. The predicted molar refractivity (Wildman–Crippen MR) is 97.3 cm³/mol. The number of aryl methyl sites for hydroxylation is 1. The Hall–Kier alpha value is -2.50. The molecule has 0 saturated heterocycles. The summed E-state index contributed by atoms with van der Waals surface area (Å²) in [6, 6.07) is 7.86. The van der Waals surface area contributed by atoms with Crippen molar-refractivity contribution in [3.8, 4) is 11.8 Å². The molecule has 2 aromatic heterocycles. The first kappa shape index (κ1) is 18.3. The van der Waals surface area contributed by atoms with E-state index in [2.05, 4.69) is 26.1 Å². The molecule has 6 nitrogen and oxygen atoms in total. The highest BCUT2D eigenvalue weighted by molar-refractivity contribution is 9.10. The number of nitrogens with zero attached hydrogens (tertiary/aromatic N) is 5. The molecule has 1 N–H and O–H groups in total. The lowest BCUT2D eigenvalue weighted by Crippen LogP contribution is -2.08. The van der Waals surface area contributed by atoms with Gasteiger partial charge in [0.1, 0.15) is 16.5 Å². The average Bonchev–Trinajstić information content (AvgIpc) is 3.19. The predicted octanol–water partition coefficient (Wildman–Crippen LogP) is 3.51. The second-order valence-corrected chi connectivity index (χ2v) is 6.63. The maximum Gasteiger partial charge on any atom is 0.163 e. The van der Waals surface area contributed by atoms with Gasteiger partial charge in [0.25, 0.3) is 0 Å². The molecule has 0 fully saturated rings. The summed E-state index contributed by atoms with van der Waals surface area (Å²) in [5.74, 6) is -0.439. The lowest BCUT2D eigenvalue weighted by Gasteiger charge is -2.14. The summed E-state index contributed by atoms with van der Waals surface area (Å²) in [6.07, 6.45) is 1.36. The zero-order chi connectivity index (χ0) is 18.8. The van der Waals surface area contributed by atoms with Gasteiger partial charge in [-0.1, -0.05) is 0 Å². The number of aliphatic hydroxyl groups is 1. The molecule has 3 aromatic rings. The molecule has 0 spiro atoms. The molecule has 26 heavy (non-hydrogen) atoms. The highest BCUT2D eigenvalue weighted by Crippen LogP contribution is 2.26. The number of nitriles is 1. The van der Waals surface area contributed by atoms with Crippen molar-refractivity contribution >= 4 is 15.9 Å². The van der Waals surface area contributed by atoms with Crippen LogP contribution in [0.3, 0.4) is 0 Å². The molecule has 1 atom stereocenters. The van der Waals surface area contributed by atoms with Crippen LogP contribution in [0.4, 0.5) is 4.39 Å². The van der Waals surface area contributed by atoms with Crippen LogP contribution in [-0.2, 0) is 13.0 Å². The van der Waals surface area contributed by atoms with Gasteiger partial charge < -0.3 is 5.11 Å². The smallest absolute Gasteiger partial charge is 0.163 e. The Morgan fingerprint density at radius 2 is 2.15 bits per heavy atom. The van der Waals surface area contributed by atoms with E-state index in [1.54, 1.807) is 29.9 Å². The van der Waals surface area contributed by atoms with E-state index in [0.717, 1.165) is 22.4 Å². The van der Waals surface area contributed by atoms with Crippen molar-refractivity contribution in [1.82, 2.24) is 19.6 Å². The zero-order valence-corrected chi connectivity index (χ0v) is 15.9. The van der Waals surface area contributed by atoms with E-state index in [-0.39, 0.29) is 5.69 Å². The van der Waals surface area contributed by atoms with Crippen molar-refractivity contribution in [3.63, 3.8) is 0 Å². The minimum atomic E-state index is -0.877. The number of halogens is 2. The molecule has 1 unspecified atom stereocenters. The first-order valence-corrected chi connectivity index (χ1v) is 8.91. The number of aliphatic hydroxyl groups excluding tert-OH is 1. The fourth-order valence-electron chi connectivity index (χ4n) is 2.81. The Morgan fingerprint density at radius 3 is 2.77 bits per heavy atom. The summed E-state index contributed by atoms with van der Waals surface area (Å²) < 4.78 is 17.9. The third-order valence-corrected chi connectivity index (χ3v) is 5.00.